The molecule has 0 bridgehead atoms. The Morgan fingerprint density at radius 1 is 1.05 bits per heavy atom. The van der Waals surface area contributed by atoms with Crippen LogP contribution in [0.3, 0.4) is 0 Å². The van der Waals surface area contributed by atoms with E-state index in [0.29, 0.717) is 38.2 Å². The molecule has 0 spiro atoms. The highest BCUT2D eigenvalue weighted by Crippen LogP contribution is 2.11. The molecule has 1 aliphatic rings. The fraction of sp³-hybridized carbons (Fsp3) is 0.529. The van der Waals surface area contributed by atoms with Gasteiger partial charge in [0.05, 0.1) is 6.42 Å². The van der Waals surface area contributed by atoms with Gasteiger partial charge in [0.15, 0.2) is 0 Å². The van der Waals surface area contributed by atoms with Gasteiger partial charge in [-0.2, -0.15) is 0 Å². The molecule has 0 N–H and O–H groups in total. The average Bonchev–Trinajstić information content (AvgIpc) is 2.76. The fourth-order valence-electron chi connectivity index (χ4n) is 2.70. The van der Waals surface area contributed by atoms with Crippen LogP contribution in [0.1, 0.15) is 31.7 Å². The second-order valence-electron chi connectivity index (χ2n) is 5.63. The van der Waals surface area contributed by atoms with E-state index in [1.165, 1.54) is 6.07 Å². The van der Waals surface area contributed by atoms with Crippen molar-refractivity contribution in [2.75, 3.05) is 26.2 Å². The Bertz CT molecular complexity index is 533. The van der Waals surface area contributed by atoms with Crippen LogP contribution in [-0.2, 0) is 16.0 Å². The van der Waals surface area contributed by atoms with Crippen LogP contribution in [0.2, 0.25) is 0 Å². The van der Waals surface area contributed by atoms with Crippen molar-refractivity contribution in [3.63, 3.8) is 0 Å². The molecule has 0 atom stereocenters. The number of amides is 2. The molecule has 0 saturated carbocycles. The van der Waals surface area contributed by atoms with E-state index in [1.807, 2.05) is 11.8 Å². The summed E-state index contributed by atoms with van der Waals surface area (Å²) in [7, 11) is 0. The summed E-state index contributed by atoms with van der Waals surface area (Å²) >= 11 is 0. The lowest BCUT2D eigenvalue weighted by Gasteiger charge is -2.22. The van der Waals surface area contributed by atoms with Gasteiger partial charge in [0.1, 0.15) is 5.82 Å². The first-order chi connectivity index (χ1) is 10.6. The summed E-state index contributed by atoms with van der Waals surface area (Å²) in [5.41, 5.74) is 0.427. The predicted molar refractivity (Wildman–Crippen MR) is 82.8 cm³/mol. The zero-order chi connectivity index (χ0) is 15.9. The molecule has 1 saturated heterocycles. The van der Waals surface area contributed by atoms with Crippen LogP contribution in [0.15, 0.2) is 24.3 Å². The van der Waals surface area contributed by atoms with Crippen molar-refractivity contribution in [1.82, 2.24) is 9.80 Å². The highest BCUT2D eigenvalue weighted by molar-refractivity contribution is 5.79. The molecule has 0 radical (unpaired) electrons. The summed E-state index contributed by atoms with van der Waals surface area (Å²) in [4.78, 5) is 27.8. The van der Waals surface area contributed by atoms with Crippen molar-refractivity contribution in [1.29, 1.82) is 0 Å². The van der Waals surface area contributed by atoms with Crippen LogP contribution in [0.5, 0.6) is 0 Å². The molecule has 2 rings (SSSR count). The van der Waals surface area contributed by atoms with Crippen molar-refractivity contribution in [2.45, 2.75) is 32.6 Å². The lowest BCUT2D eigenvalue weighted by molar-refractivity contribution is -0.133. The van der Waals surface area contributed by atoms with Gasteiger partial charge < -0.3 is 9.80 Å². The van der Waals surface area contributed by atoms with E-state index in [0.717, 1.165) is 12.8 Å². The number of hydrogen-bond donors (Lipinski definition) is 0. The SMILES string of the molecule is CCCC(=O)N1CCCN(C(=O)Cc2ccccc2F)CC1. The zero-order valence-corrected chi connectivity index (χ0v) is 13.1. The van der Waals surface area contributed by atoms with Gasteiger partial charge in [0.25, 0.3) is 0 Å². The molecular formula is C17H23FN2O2. The molecular weight excluding hydrogens is 283 g/mol. The van der Waals surface area contributed by atoms with Crippen LogP contribution in [-0.4, -0.2) is 47.8 Å². The molecule has 4 nitrogen and oxygen atoms in total. The molecule has 1 fully saturated rings. The largest absolute Gasteiger partial charge is 0.341 e. The first kappa shape index (κ1) is 16.5. The molecule has 1 aromatic rings. The standard InChI is InChI=1S/C17H23FN2O2/c1-2-6-16(21)19-9-5-10-20(12-11-19)17(22)13-14-7-3-4-8-15(14)18/h3-4,7-8H,2,5-6,9-13H2,1H3. The molecule has 1 aromatic carbocycles. The van der Waals surface area contributed by atoms with Crippen LogP contribution in [0.25, 0.3) is 0 Å². The van der Waals surface area contributed by atoms with Gasteiger partial charge in [0, 0.05) is 32.6 Å². The average molecular weight is 306 g/mol. The van der Waals surface area contributed by atoms with Gasteiger partial charge in [-0.25, -0.2) is 4.39 Å². The van der Waals surface area contributed by atoms with E-state index in [4.69, 9.17) is 0 Å². The first-order valence-corrected chi connectivity index (χ1v) is 7.90. The Kier molecular flexibility index (Phi) is 5.92. The summed E-state index contributed by atoms with van der Waals surface area (Å²) in [6, 6.07) is 6.37. The third-order valence-corrected chi connectivity index (χ3v) is 3.96. The highest BCUT2D eigenvalue weighted by atomic mass is 19.1. The Morgan fingerprint density at radius 2 is 1.68 bits per heavy atom. The van der Waals surface area contributed by atoms with Gasteiger partial charge in [-0.3, -0.25) is 9.59 Å². The maximum atomic E-state index is 13.6. The second-order valence-corrected chi connectivity index (χ2v) is 5.63. The minimum absolute atomic E-state index is 0.0742. The fourth-order valence-corrected chi connectivity index (χ4v) is 2.70. The lowest BCUT2D eigenvalue weighted by Crippen LogP contribution is -2.38. The lowest BCUT2D eigenvalue weighted by atomic mass is 10.1. The van der Waals surface area contributed by atoms with E-state index >= 15 is 0 Å². The van der Waals surface area contributed by atoms with Crippen LogP contribution in [0.4, 0.5) is 4.39 Å². The van der Waals surface area contributed by atoms with Gasteiger partial charge in [-0.15, -0.1) is 0 Å². The third-order valence-electron chi connectivity index (χ3n) is 3.96. The van der Waals surface area contributed by atoms with E-state index in [2.05, 4.69) is 0 Å². The van der Waals surface area contributed by atoms with Crippen molar-refractivity contribution >= 4 is 11.8 Å². The number of halogens is 1. The Morgan fingerprint density at radius 3 is 2.32 bits per heavy atom. The number of nitrogens with zero attached hydrogens (tertiary/aromatic N) is 2. The third kappa shape index (κ3) is 4.29. The molecule has 0 unspecified atom stereocenters. The summed E-state index contributed by atoms with van der Waals surface area (Å²) in [5, 5.41) is 0. The smallest absolute Gasteiger partial charge is 0.227 e. The molecule has 2 amide bonds. The molecule has 0 aromatic heterocycles. The van der Waals surface area contributed by atoms with Crippen molar-refractivity contribution < 1.29 is 14.0 Å². The summed E-state index contributed by atoms with van der Waals surface area (Å²) < 4.78 is 13.6. The second kappa shape index (κ2) is 7.92. The quantitative estimate of drug-likeness (QED) is 0.856. The maximum absolute atomic E-state index is 13.6. The van der Waals surface area contributed by atoms with E-state index in [1.54, 1.807) is 23.1 Å². The van der Waals surface area contributed by atoms with Crippen LogP contribution < -0.4 is 0 Å². The topological polar surface area (TPSA) is 40.6 Å². The molecule has 0 aliphatic carbocycles. The van der Waals surface area contributed by atoms with E-state index in [9.17, 15) is 14.0 Å². The summed E-state index contributed by atoms with van der Waals surface area (Å²) in [6.45, 7) is 4.41. The number of rotatable bonds is 4. The molecule has 120 valence electrons. The summed E-state index contributed by atoms with van der Waals surface area (Å²) in [5.74, 6) is -0.258. The van der Waals surface area contributed by atoms with Crippen molar-refractivity contribution in [3.05, 3.63) is 35.6 Å². The Hall–Kier alpha value is -1.91. The number of benzene rings is 1. The van der Waals surface area contributed by atoms with Crippen LogP contribution >= 0.6 is 0 Å². The maximum Gasteiger partial charge on any atom is 0.227 e. The minimum Gasteiger partial charge on any atom is -0.341 e. The number of carbonyl (C=O) groups excluding carboxylic acids is 2. The van der Waals surface area contributed by atoms with Crippen LogP contribution in [0, 0.1) is 5.82 Å². The van der Waals surface area contributed by atoms with Gasteiger partial charge >= 0.3 is 0 Å². The predicted octanol–water partition coefficient (Wildman–Crippen LogP) is 2.23. The van der Waals surface area contributed by atoms with Gasteiger partial charge in [0.2, 0.25) is 11.8 Å². The number of carbonyl (C=O) groups is 2. The minimum atomic E-state index is -0.342. The Balaban J connectivity index is 1.92. The summed E-state index contributed by atoms with van der Waals surface area (Å²) in [6.07, 6.45) is 2.25. The van der Waals surface area contributed by atoms with E-state index < -0.39 is 0 Å². The van der Waals surface area contributed by atoms with Gasteiger partial charge in [-0.05, 0) is 24.5 Å². The zero-order valence-electron chi connectivity index (χ0n) is 13.1. The molecule has 22 heavy (non-hydrogen) atoms. The first-order valence-electron chi connectivity index (χ1n) is 7.90. The van der Waals surface area contributed by atoms with Gasteiger partial charge in [-0.1, -0.05) is 25.1 Å². The monoisotopic (exact) mass is 306 g/mol. The molecule has 1 heterocycles. The molecule has 5 heteroatoms. The van der Waals surface area contributed by atoms with Crippen molar-refractivity contribution in [3.8, 4) is 0 Å². The highest BCUT2D eigenvalue weighted by Gasteiger charge is 2.22. The normalized spacial score (nSPS) is 15.5. The van der Waals surface area contributed by atoms with Crippen molar-refractivity contribution in [2.24, 2.45) is 0 Å². The Labute approximate surface area is 130 Å². The molecule has 1 aliphatic heterocycles. The van der Waals surface area contributed by atoms with E-state index in [-0.39, 0.29) is 24.1 Å². The number of hydrogen-bond acceptors (Lipinski definition) is 2.